The van der Waals surface area contributed by atoms with Crippen molar-refractivity contribution >= 4 is 48.5 Å². The van der Waals surface area contributed by atoms with E-state index in [1.807, 2.05) is 13.0 Å². The molecule has 0 spiro atoms. The number of carbonyl (C=O) groups excluding carboxylic acids is 1. The van der Waals surface area contributed by atoms with Crippen molar-refractivity contribution in [1.29, 1.82) is 0 Å². The van der Waals surface area contributed by atoms with Crippen molar-refractivity contribution in [2.24, 2.45) is 0 Å². The molecular formula is C16H15BrClNO3S. The molecule has 23 heavy (non-hydrogen) atoms. The van der Waals surface area contributed by atoms with Crippen molar-refractivity contribution in [2.45, 2.75) is 24.8 Å². The molecule has 0 bridgehead atoms. The number of hydrogen-bond acceptors (Lipinski definition) is 3. The molecule has 0 aliphatic heterocycles. The summed E-state index contributed by atoms with van der Waals surface area (Å²) in [6.07, 6.45) is 0. The first-order valence-corrected chi connectivity index (χ1v) is 9.40. The van der Waals surface area contributed by atoms with E-state index in [9.17, 15) is 13.2 Å². The van der Waals surface area contributed by atoms with Gasteiger partial charge in [0.15, 0.2) is 0 Å². The van der Waals surface area contributed by atoms with Crippen LogP contribution < -0.4 is 4.31 Å². The van der Waals surface area contributed by atoms with Gasteiger partial charge in [-0.05, 0) is 67.4 Å². The number of nitrogens with zero attached hydrogens (tertiary/aromatic N) is 1. The van der Waals surface area contributed by atoms with Crippen molar-refractivity contribution in [3.8, 4) is 0 Å². The SMILES string of the molecule is Cc1cccc(N(C(C)C(=O)Cl)S(=O)(=O)c2ccc(Br)cc2)c1. The summed E-state index contributed by atoms with van der Waals surface area (Å²) >= 11 is 8.85. The van der Waals surface area contributed by atoms with Gasteiger partial charge in [0.2, 0.25) is 5.24 Å². The Morgan fingerprint density at radius 3 is 2.30 bits per heavy atom. The van der Waals surface area contributed by atoms with Crippen LogP contribution in [0.15, 0.2) is 57.9 Å². The number of sulfonamides is 1. The van der Waals surface area contributed by atoms with E-state index in [1.54, 1.807) is 30.3 Å². The zero-order valence-corrected chi connectivity index (χ0v) is 15.7. The van der Waals surface area contributed by atoms with Gasteiger partial charge < -0.3 is 0 Å². The quantitative estimate of drug-likeness (QED) is 0.689. The fourth-order valence-electron chi connectivity index (χ4n) is 2.15. The molecule has 4 nitrogen and oxygen atoms in total. The lowest BCUT2D eigenvalue weighted by Crippen LogP contribution is -2.42. The molecule has 0 saturated carbocycles. The van der Waals surface area contributed by atoms with Crippen molar-refractivity contribution in [2.75, 3.05) is 4.31 Å². The number of anilines is 1. The average molecular weight is 417 g/mol. The molecule has 2 aromatic carbocycles. The molecule has 2 aromatic rings. The predicted molar refractivity (Wildman–Crippen MR) is 95.3 cm³/mol. The molecule has 0 aliphatic rings. The van der Waals surface area contributed by atoms with Crippen LogP contribution in [0.25, 0.3) is 0 Å². The molecule has 0 fully saturated rings. The molecule has 0 radical (unpaired) electrons. The van der Waals surface area contributed by atoms with Gasteiger partial charge in [0, 0.05) is 4.47 Å². The van der Waals surface area contributed by atoms with E-state index in [1.165, 1.54) is 19.1 Å². The Balaban J connectivity index is 2.61. The molecule has 0 amide bonds. The van der Waals surface area contributed by atoms with Crippen LogP contribution in [-0.4, -0.2) is 19.7 Å². The topological polar surface area (TPSA) is 54.5 Å². The largest absolute Gasteiger partial charge is 0.279 e. The van der Waals surface area contributed by atoms with Gasteiger partial charge in [-0.1, -0.05) is 28.1 Å². The molecule has 7 heteroatoms. The molecule has 122 valence electrons. The van der Waals surface area contributed by atoms with Crippen LogP contribution in [0.2, 0.25) is 0 Å². The molecule has 0 N–H and O–H groups in total. The van der Waals surface area contributed by atoms with Crippen molar-refractivity contribution in [1.82, 2.24) is 0 Å². The lowest BCUT2D eigenvalue weighted by molar-refractivity contribution is -0.112. The number of halogens is 2. The first-order chi connectivity index (χ1) is 10.7. The maximum absolute atomic E-state index is 13.0. The molecule has 0 aromatic heterocycles. The summed E-state index contributed by atoms with van der Waals surface area (Å²) in [5.41, 5.74) is 1.28. The molecule has 0 heterocycles. The molecule has 0 aliphatic carbocycles. The average Bonchev–Trinajstić information content (AvgIpc) is 2.47. The third-order valence-electron chi connectivity index (χ3n) is 3.31. The van der Waals surface area contributed by atoms with Gasteiger partial charge in [0.25, 0.3) is 10.0 Å². The minimum Gasteiger partial charge on any atom is -0.279 e. The maximum atomic E-state index is 13.0. The number of benzene rings is 2. The van der Waals surface area contributed by atoms with Gasteiger partial charge in [-0.25, -0.2) is 8.42 Å². The second kappa shape index (κ2) is 7.03. The van der Waals surface area contributed by atoms with Gasteiger partial charge in [-0.3, -0.25) is 9.10 Å². The van der Waals surface area contributed by atoms with E-state index in [4.69, 9.17) is 11.6 Å². The van der Waals surface area contributed by atoms with Crippen molar-refractivity contribution in [3.05, 3.63) is 58.6 Å². The Labute approximate surface area is 149 Å². The fourth-order valence-corrected chi connectivity index (χ4v) is 4.18. The third kappa shape index (κ3) is 3.94. The Morgan fingerprint density at radius 1 is 1.17 bits per heavy atom. The highest BCUT2D eigenvalue weighted by Gasteiger charge is 2.32. The summed E-state index contributed by atoms with van der Waals surface area (Å²) in [6.45, 7) is 3.31. The fraction of sp³-hybridized carbons (Fsp3) is 0.188. The van der Waals surface area contributed by atoms with Gasteiger partial charge in [0.1, 0.15) is 6.04 Å². The van der Waals surface area contributed by atoms with E-state index in [0.717, 1.165) is 14.3 Å². The molecule has 1 unspecified atom stereocenters. The highest BCUT2D eigenvalue weighted by molar-refractivity contribution is 9.10. The standard InChI is InChI=1S/C16H15BrClNO3S/c1-11-4-3-5-14(10-11)19(12(2)16(18)20)23(21,22)15-8-6-13(17)7-9-15/h3-10,12H,1-2H3. The highest BCUT2D eigenvalue weighted by atomic mass is 79.9. The van der Waals surface area contributed by atoms with Gasteiger partial charge in [0.05, 0.1) is 10.6 Å². The second-order valence-electron chi connectivity index (χ2n) is 5.07. The maximum Gasteiger partial charge on any atom is 0.265 e. The Hall–Kier alpha value is -1.37. The van der Waals surface area contributed by atoms with Crippen LogP contribution >= 0.6 is 27.5 Å². The Bertz CT molecular complexity index is 821. The highest BCUT2D eigenvalue weighted by Crippen LogP contribution is 2.28. The summed E-state index contributed by atoms with van der Waals surface area (Å²) in [7, 11) is -3.92. The zero-order chi connectivity index (χ0) is 17.2. The molecule has 1 atom stereocenters. The molecular weight excluding hydrogens is 402 g/mol. The van der Waals surface area contributed by atoms with E-state index in [-0.39, 0.29) is 4.90 Å². The number of rotatable bonds is 5. The lowest BCUT2D eigenvalue weighted by Gasteiger charge is -2.28. The summed E-state index contributed by atoms with van der Waals surface area (Å²) in [5.74, 6) is 0. The summed E-state index contributed by atoms with van der Waals surface area (Å²) < 4.78 is 27.8. The summed E-state index contributed by atoms with van der Waals surface area (Å²) in [4.78, 5) is 11.7. The number of aryl methyl sites for hydroxylation is 1. The van der Waals surface area contributed by atoms with E-state index >= 15 is 0 Å². The van der Waals surface area contributed by atoms with E-state index < -0.39 is 21.3 Å². The monoisotopic (exact) mass is 415 g/mol. The lowest BCUT2D eigenvalue weighted by atomic mass is 10.2. The smallest absolute Gasteiger partial charge is 0.265 e. The first kappa shape index (κ1) is 18.0. The normalized spacial score (nSPS) is 12.7. The second-order valence-corrected chi connectivity index (χ2v) is 8.18. The number of carbonyl (C=O) groups is 1. The minimum atomic E-state index is -3.92. The number of hydrogen-bond donors (Lipinski definition) is 0. The van der Waals surface area contributed by atoms with Gasteiger partial charge >= 0.3 is 0 Å². The van der Waals surface area contributed by atoms with Crippen molar-refractivity contribution < 1.29 is 13.2 Å². The summed E-state index contributed by atoms with van der Waals surface area (Å²) in [6, 6.07) is 12.1. The van der Waals surface area contributed by atoms with Crippen LogP contribution in [0.3, 0.4) is 0 Å². The van der Waals surface area contributed by atoms with Crippen LogP contribution in [0.1, 0.15) is 12.5 Å². The molecule has 2 rings (SSSR count). The van der Waals surface area contributed by atoms with E-state index in [2.05, 4.69) is 15.9 Å². The minimum absolute atomic E-state index is 0.0898. The van der Waals surface area contributed by atoms with Gasteiger partial charge in [-0.2, -0.15) is 0 Å². The van der Waals surface area contributed by atoms with Gasteiger partial charge in [-0.15, -0.1) is 0 Å². The predicted octanol–water partition coefficient (Wildman–Crippen LogP) is 4.11. The van der Waals surface area contributed by atoms with Crippen LogP contribution in [0, 0.1) is 6.92 Å². The Kier molecular flexibility index (Phi) is 5.49. The Morgan fingerprint density at radius 2 is 1.78 bits per heavy atom. The zero-order valence-electron chi connectivity index (χ0n) is 12.5. The first-order valence-electron chi connectivity index (χ1n) is 6.79. The summed E-state index contributed by atoms with van der Waals surface area (Å²) in [5, 5.41) is -0.743. The third-order valence-corrected chi connectivity index (χ3v) is 6.06. The molecule has 0 saturated heterocycles. The van der Waals surface area contributed by atoms with Crippen LogP contribution in [-0.2, 0) is 14.8 Å². The van der Waals surface area contributed by atoms with E-state index in [0.29, 0.717) is 5.69 Å². The van der Waals surface area contributed by atoms with Crippen molar-refractivity contribution in [3.63, 3.8) is 0 Å². The van der Waals surface area contributed by atoms with Crippen LogP contribution in [0.4, 0.5) is 5.69 Å². The van der Waals surface area contributed by atoms with Crippen LogP contribution in [0.5, 0.6) is 0 Å².